The van der Waals surface area contributed by atoms with E-state index in [0.29, 0.717) is 18.2 Å². The molecule has 1 aliphatic heterocycles. The quantitative estimate of drug-likeness (QED) is 0.872. The number of rotatable bonds is 3. The number of hydrogen-bond acceptors (Lipinski definition) is 3. The van der Waals surface area contributed by atoms with Crippen molar-refractivity contribution in [2.75, 3.05) is 6.54 Å². The van der Waals surface area contributed by atoms with Gasteiger partial charge in [0, 0.05) is 31.0 Å². The molecule has 0 radical (unpaired) electrons. The molecule has 0 saturated heterocycles. The van der Waals surface area contributed by atoms with E-state index in [1.54, 1.807) is 6.07 Å². The van der Waals surface area contributed by atoms with Crippen molar-refractivity contribution in [3.05, 3.63) is 41.5 Å². The van der Waals surface area contributed by atoms with Crippen LogP contribution in [0.4, 0.5) is 0 Å². The molecule has 1 atom stereocenters. The molecule has 21 heavy (non-hydrogen) atoms. The Bertz CT molecular complexity index is 641. The minimum atomic E-state index is -0.0617. The maximum absolute atomic E-state index is 12.8. The molecule has 0 N–H and O–H groups in total. The average molecular weight is 287 g/mol. The highest BCUT2D eigenvalue weighted by atomic mass is 16.5. The van der Waals surface area contributed by atoms with Crippen LogP contribution < -0.4 is 0 Å². The molecule has 1 amide bonds. The van der Waals surface area contributed by atoms with E-state index >= 15 is 0 Å². The summed E-state index contributed by atoms with van der Waals surface area (Å²) in [5.41, 5.74) is 2.01. The molecule has 0 aliphatic carbocycles. The zero-order chi connectivity index (χ0) is 15.0. The van der Waals surface area contributed by atoms with Gasteiger partial charge in [-0.25, -0.2) is 0 Å². The van der Waals surface area contributed by atoms with E-state index in [1.807, 2.05) is 17.9 Å². The molecule has 1 aliphatic rings. The summed E-state index contributed by atoms with van der Waals surface area (Å²) in [7, 11) is 0. The highest BCUT2D eigenvalue weighted by Crippen LogP contribution is 2.33. The maximum Gasteiger partial charge on any atom is 0.293 e. The van der Waals surface area contributed by atoms with Crippen LogP contribution in [0.25, 0.3) is 0 Å². The van der Waals surface area contributed by atoms with Crippen LogP contribution in [0, 0.1) is 5.92 Å². The smallest absolute Gasteiger partial charge is 0.293 e. The lowest BCUT2D eigenvalue weighted by Gasteiger charge is -2.38. The van der Waals surface area contributed by atoms with Crippen LogP contribution in [0.2, 0.25) is 0 Å². The lowest BCUT2D eigenvalue weighted by atomic mass is 9.97. The van der Waals surface area contributed by atoms with Gasteiger partial charge >= 0.3 is 0 Å². The summed E-state index contributed by atoms with van der Waals surface area (Å²) < 4.78 is 7.45. The molecule has 0 spiro atoms. The van der Waals surface area contributed by atoms with Crippen LogP contribution in [0.1, 0.15) is 48.8 Å². The number of aromatic nitrogens is 2. The Morgan fingerprint density at radius 1 is 1.48 bits per heavy atom. The number of carbonyl (C=O) groups is 1. The zero-order valence-corrected chi connectivity index (χ0v) is 12.7. The fourth-order valence-corrected chi connectivity index (χ4v) is 3.06. The van der Waals surface area contributed by atoms with E-state index in [4.69, 9.17) is 4.52 Å². The molecule has 0 aromatic carbocycles. The fraction of sp³-hybridized carbons (Fsp3) is 0.500. The van der Waals surface area contributed by atoms with E-state index in [2.05, 4.69) is 35.8 Å². The zero-order valence-electron chi connectivity index (χ0n) is 12.7. The molecule has 3 rings (SSSR count). The van der Waals surface area contributed by atoms with Gasteiger partial charge in [-0.2, -0.15) is 0 Å². The standard InChI is InChI=1S/C16H21N3O2/c1-4-12-10-14(21-17-12)16(20)19-9-8-18-7-5-6-13(18)15(19)11(2)3/h5-7,10-11,15H,4,8-9H2,1-3H3/t15-/m1/s1. The predicted octanol–water partition coefficient (Wildman–Crippen LogP) is 2.89. The minimum Gasteiger partial charge on any atom is -0.351 e. The molecule has 5 nitrogen and oxygen atoms in total. The van der Waals surface area contributed by atoms with Gasteiger partial charge in [0.25, 0.3) is 5.91 Å². The summed E-state index contributed by atoms with van der Waals surface area (Å²) in [5, 5.41) is 3.93. The van der Waals surface area contributed by atoms with Gasteiger partial charge in [-0.05, 0) is 24.5 Å². The molecular weight excluding hydrogens is 266 g/mol. The van der Waals surface area contributed by atoms with Crippen LogP contribution in [0.3, 0.4) is 0 Å². The van der Waals surface area contributed by atoms with Gasteiger partial charge in [-0.3, -0.25) is 4.79 Å². The van der Waals surface area contributed by atoms with Gasteiger partial charge in [-0.1, -0.05) is 25.9 Å². The van der Waals surface area contributed by atoms with Crippen molar-refractivity contribution in [1.29, 1.82) is 0 Å². The van der Waals surface area contributed by atoms with Crippen molar-refractivity contribution in [3.8, 4) is 0 Å². The molecule has 3 heterocycles. The highest BCUT2D eigenvalue weighted by Gasteiger charge is 2.34. The van der Waals surface area contributed by atoms with Crippen molar-refractivity contribution < 1.29 is 9.32 Å². The van der Waals surface area contributed by atoms with Crippen LogP contribution in [0.15, 0.2) is 28.9 Å². The number of aryl methyl sites for hydroxylation is 1. The summed E-state index contributed by atoms with van der Waals surface area (Å²) in [4.78, 5) is 14.7. The summed E-state index contributed by atoms with van der Waals surface area (Å²) >= 11 is 0. The Morgan fingerprint density at radius 3 is 2.95 bits per heavy atom. The maximum atomic E-state index is 12.8. The third-order valence-electron chi connectivity index (χ3n) is 4.11. The molecule has 0 fully saturated rings. The summed E-state index contributed by atoms with van der Waals surface area (Å²) in [6.07, 6.45) is 2.85. The van der Waals surface area contributed by atoms with Crippen molar-refractivity contribution in [2.45, 2.75) is 39.8 Å². The Morgan fingerprint density at radius 2 is 2.29 bits per heavy atom. The first-order valence-corrected chi connectivity index (χ1v) is 7.53. The lowest BCUT2D eigenvalue weighted by Crippen LogP contribution is -2.43. The van der Waals surface area contributed by atoms with Gasteiger partial charge in [0.05, 0.1) is 11.7 Å². The van der Waals surface area contributed by atoms with Crippen LogP contribution >= 0.6 is 0 Å². The Hall–Kier alpha value is -2.04. The van der Waals surface area contributed by atoms with Crippen LogP contribution in [-0.4, -0.2) is 27.1 Å². The first-order valence-electron chi connectivity index (χ1n) is 7.53. The second kappa shape index (κ2) is 5.39. The molecule has 112 valence electrons. The van der Waals surface area contributed by atoms with Crippen LogP contribution in [-0.2, 0) is 13.0 Å². The molecule has 0 unspecified atom stereocenters. The summed E-state index contributed by atoms with van der Waals surface area (Å²) in [6.45, 7) is 7.81. The number of fused-ring (bicyclic) bond motifs is 1. The van der Waals surface area contributed by atoms with Gasteiger partial charge in [0.15, 0.2) is 0 Å². The summed E-state index contributed by atoms with van der Waals surface area (Å²) in [6, 6.07) is 5.98. The first kappa shape index (κ1) is 13.9. The van der Waals surface area contributed by atoms with Gasteiger partial charge in [-0.15, -0.1) is 0 Å². The predicted molar refractivity (Wildman–Crippen MR) is 78.9 cm³/mol. The molecule has 0 bridgehead atoms. The number of carbonyl (C=O) groups excluding carboxylic acids is 1. The Balaban J connectivity index is 1.92. The van der Waals surface area contributed by atoms with Crippen molar-refractivity contribution in [2.24, 2.45) is 5.92 Å². The molecule has 0 saturated carbocycles. The highest BCUT2D eigenvalue weighted by molar-refractivity contribution is 5.91. The Labute approximate surface area is 124 Å². The second-order valence-electron chi connectivity index (χ2n) is 5.85. The average Bonchev–Trinajstić information content (AvgIpc) is 3.13. The van der Waals surface area contributed by atoms with E-state index in [9.17, 15) is 4.79 Å². The first-order chi connectivity index (χ1) is 10.1. The van der Waals surface area contributed by atoms with E-state index in [1.165, 1.54) is 5.69 Å². The van der Waals surface area contributed by atoms with E-state index in [0.717, 1.165) is 18.7 Å². The van der Waals surface area contributed by atoms with Gasteiger partial charge in [0.2, 0.25) is 5.76 Å². The molecule has 5 heteroatoms. The molecule has 2 aromatic heterocycles. The molecular formula is C16H21N3O2. The fourth-order valence-electron chi connectivity index (χ4n) is 3.06. The summed E-state index contributed by atoms with van der Waals surface area (Å²) in [5.74, 6) is 0.627. The second-order valence-corrected chi connectivity index (χ2v) is 5.85. The van der Waals surface area contributed by atoms with Crippen molar-refractivity contribution in [3.63, 3.8) is 0 Å². The third-order valence-corrected chi connectivity index (χ3v) is 4.11. The number of hydrogen-bond donors (Lipinski definition) is 0. The Kier molecular flexibility index (Phi) is 3.57. The number of amides is 1. The third kappa shape index (κ3) is 2.37. The SMILES string of the molecule is CCc1cc(C(=O)N2CCn3cccc3[C@H]2C(C)C)on1. The van der Waals surface area contributed by atoms with Gasteiger partial charge in [0.1, 0.15) is 0 Å². The molecule has 2 aromatic rings. The van der Waals surface area contributed by atoms with Crippen molar-refractivity contribution in [1.82, 2.24) is 14.6 Å². The topological polar surface area (TPSA) is 51.3 Å². The lowest BCUT2D eigenvalue weighted by molar-refractivity contribution is 0.0515. The minimum absolute atomic E-state index is 0.0617. The monoisotopic (exact) mass is 287 g/mol. The van der Waals surface area contributed by atoms with E-state index in [-0.39, 0.29) is 11.9 Å². The van der Waals surface area contributed by atoms with Crippen molar-refractivity contribution >= 4 is 5.91 Å². The van der Waals surface area contributed by atoms with E-state index < -0.39 is 0 Å². The largest absolute Gasteiger partial charge is 0.351 e. The van der Waals surface area contributed by atoms with Gasteiger partial charge < -0.3 is 14.0 Å². The van der Waals surface area contributed by atoms with Crippen LogP contribution in [0.5, 0.6) is 0 Å². The normalized spacial score (nSPS) is 18.1. The number of nitrogens with zero attached hydrogens (tertiary/aromatic N) is 3.